The molecule has 0 bridgehead atoms. The van der Waals surface area contributed by atoms with Crippen molar-refractivity contribution in [2.75, 3.05) is 20.3 Å². The zero-order valence-corrected chi connectivity index (χ0v) is 22.8. The minimum absolute atomic E-state index is 0.0556. The summed E-state index contributed by atoms with van der Waals surface area (Å²) in [6.45, 7) is 6.42. The van der Waals surface area contributed by atoms with Gasteiger partial charge in [0.05, 0.1) is 31.2 Å². The van der Waals surface area contributed by atoms with Crippen LogP contribution in [0.15, 0.2) is 66.7 Å². The maximum absolute atomic E-state index is 12.3. The first-order valence-corrected chi connectivity index (χ1v) is 13.6. The van der Waals surface area contributed by atoms with E-state index in [2.05, 4.69) is 60.1 Å². The van der Waals surface area contributed by atoms with Crippen molar-refractivity contribution >= 4 is 16.9 Å². The molecule has 0 aliphatic carbocycles. The van der Waals surface area contributed by atoms with Crippen LogP contribution < -0.4 is 14.8 Å². The molecule has 0 atom stereocenters. The molecule has 1 heterocycles. The van der Waals surface area contributed by atoms with E-state index < -0.39 is 0 Å². The highest BCUT2D eigenvalue weighted by Crippen LogP contribution is 2.21. The lowest BCUT2D eigenvalue weighted by Gasteiger charge is -2.12. The molecule has 0 aliphatic rings. The van der Waals surface area contributed by atoms with Crippen LogP contribution in [0.2, 0.25) is 0 Å². The van der Waals surface area contributed by atoms with Gasteiger partial charge in [-0.15, -0.1) is 0 Å². The Balaban J connectivity index is 1.21. The smallest absolute Gasteiger partial charge is 0.224 e. The van der Waals surface area contributed by atoms with Gasteiger partial charge in [0.1, 0.15) is 17.3 Å². The summed E-state index contributed by atoms with van der Waals surface area (Å²) in [6.07, 6.45) is 5.27. The van der Waals surface area contributed by atoms with Crippen molar-refractivity contribution in [3.8, 4) is 11.5 Å². The van der Waals surface area contributed by atoms with Crippen LogP contribution in [0, 0.1) is 13.8 Å². The molecule has 0 saturated heterocycles. The fourth-order valence-electron chi connectivity index (χ4n) is 4.64. The number of hydrogen-bond acceptors (Lipinski definition) is 4. The second kappa shape index (κ2) is 13.7. The number of rotatable bonds is 14. The van der Waals surface area contributed by atoms with E-state index in [9.17, 15) is 4.79 Å². The monoisotopic (exact) mass is 513 g/mol. The molecule has 4 aromatic rings. The van der Waals surface area contributed by atoms with Crippen molar-refractivity contribution in [1.82, 2.24) is 14.9 Å². The zero-order valence-electron chi connectivity index (χ0n) is 22.8. The number of imidazole rings is 1. The van der Waals surface area contributed by atoms with Crippen molar-refractivity contribution < 1.29 is 14.3 Å². The Morgan fingerprint density at radius 1 is 0.947 bits per heavy atom. The topological polar surface area (TPSA) is 65.4 Å². The number of benzene rings is 3. The molecular formula is C32H39N3O3. The zero-order chi connectivity index (χ0) is 26.7. The average Bonchev–Trinajstić information content (AvgIpc) is 3.28. The first kappa shape index (κ1) is 27.2. The Morgan fingerprint density at radius 3 is 2.58 bits per heavy atom. The highest BCUT2D eigenvalue weighted by molar-refractivity contribution is 5.78. The third-order valence-corrected chi connectivity index (χ3v) is 6.78. The molecule has 4 rings (SSSR count). The first-order chi connectivity index (χ1) is 18.5. The standard InChI is InChI=1S/C32H39N3O3/c1-24-13-14-25(2)30(22-24)38-21-9-20-35-29-11-7-6-10-28(29)34-31(35)12-5-4-8-19-33-32(36)23-26-15-17-27(37-3)18-16-26/h6-7,10-11,13-18,22H,4-5,8-9,12,19-21,23H2,1-3H3,(H,33,36). The molecule has 0 fully saturated rings. The van der Waals surface area contributed by atoms with E-state index >= 15 is 0 Å². The van der Waals surface area contributed by atoms with Gasteiger partial charge < -0.3 is 19.4 Å². The van der Waals surface area contributed by atoms with Crippen LogP contribution in [0.3, 0.4) is 0 Å². The number of fused-ring (bicyclic) bond motifs is 1. The van der Waals surface area contributed by atoms with Gasteiger partial charge in [-0.3, -0.25) is 4.79 Å². The fourth-order valence-corrected chi connectivity index (χ4v) is 4.64. The third kappa shape index (κ3) is 7.60. The van der Waals surface area contributed by atoms with E-state index in [-0.39, 0.29) is 5.91 Å². The molecule has 3 aromatic carbocycles. The molecule has 1 N–H and O–H groups in total. The van der Waals surface area contributed by atoms with Crippen LogP contribution in [-0.4, -0.2) is 35.7 Å². The number of amides is 1. The summed E-state index contributed by atoms with van der Waals surface area (Å²) in [5.41, 5.74) is 5.59. The number of aryl methyl sites for hydroxylation is 4. The molecule has 6 heteroatoms. The van der Waals surface area contributed by atoms with Crippen molar-refractivity contribution in [3.05, 3.63) is 89.2 Å². The SMILES string of the molecule is COc1ccc(CC(=O)NCCCCCc2nc3ccccc3n2CCCOc2cc(C)ccc2C)cc1. The van der Waals surface area contributed by atoms with E-state index in [4.69, 9.17) is 14.5 Å². The molecule has 0 spiro atoms. The van der Waals surface area contributed by atoms with Crippen molar-refractivity contribution in [3.63, 3.8) is 0 Å². The number of nitrogens with zero attached hydrogens (tertiary/aromatic N) is 2. The molecule has 1 aromatic heterocycles. The van der Waals surface area contributed by atoms with Crippen molar-refractivity contribution in [2.45, 2.75) is 58.9 Å². The normalized spacial score (nSPS) is 11.0. The molecule has 0 unspecified atom stereocenters. The Labute approximate surface area is 226 Å². The third-order valence-electron chi connectivity index (χ3n) is 6.78. The summed E-state index contributed by atoms with van der Waals surface area (Å²) < 4.78 is 13.6. The number of nitrogens with one attached hydrogen (secondary N) is 1. The number of hydrogen-bond donors (Lipinski definition) is 1. The van der Waals surface area contributed by atoms with Gasteiger partial charge in [0.25, 0.3) is 0 Å². The number of carbonyl (C=O) groups is 1. The van der Waals surface area contributed by atoms with Crippen LogP contribution in [0.25, 0.3) is 11.0 Å². The second-order valence-electron chi connectivity index (χ2n) is 9.82. The number of aromatic nitrogens is 2. The van der Waals surface area contributed by atoms with E-state index in [0.29, 0.717) is 19.6 Å². The molecule has 0 aliphatic heterocycles. The molecular weight excluding hydrogens is 474 g/mol. The first-order valence-electron chi connectivity index (χ1n) is 13.6. The second-order valence-corrected chi connectivity index (χ2v) is 9.82. The van der Waals surface area contributed by atoms with E-state index in [1.807, 2.05) is 30.3 Å². The Bertz CT molecular complexity index is 1330. The van der Waals surface area contributed by atoms with Crippen LogP contribution in [0.4, 0.5) is 0 Å². The van der Waals surface area contributed by atoms with Crippen LogP contribution in [0.1, 0.15) is 48.2 Å². The number of para-hydroxylation sites is 2. The van der Waals surface area contributed by atoms with Gasteiger partial charge in [0.15, 0.2) is 0 Å². The molecule has 38 heavy (non-hydrogen) atoms. The van der Waals surface area contributed by atoms with Gasteiger partial charge in [-0.2, -0.15) is 0 Å². The van der Waals surface area contributed by atoms with E-state index in [1.165, 1.54) is 16.6 Å². The Kier molecular flexibility index (Phi) is 9.79. The van der Waals surface area contributed by atoms with Gasteiger partial charge in [-0.05, 0) is 80.1 Å². The van der Waals surface area contributed by atoms with E-state index in [1.54, 1.807) is 7.11 Å². The fraction of sp³-hybridized carbons (Fsp3) is 0.375. The van der Waals surface area contributed by atoms with Gasteiger partial charge in [-0.1, -0.05) is 42.8 Å². The summed E-state index contributed by atoms with van der Waals surface area (Å²) in [6, 6.07) is 22.3. The largest absolute Gasteiger partial charge is 0.497 e. The lowest BCUT2D eigenvalue weighted by Crippen LogP contribution is -2.26. The maximum atomic E-state index is 12.3. The van der Waals surface area contributed by atoms with Gasteiger partial charge >= 0.3 is 0 Å². The molecule has 6 nitrogen and oxygen atoms in total. The van der Waals surface area contributed by atoms with Gasteiger partial charge in [0.2, 0.25) is 5.91 Å². The summed E-state index contributed by atoms with van der Waals surface area (Å²) in [4.78, 5) is 17.2. The van der Waals surface area contributed by atoms with Crippen molar-refractivity contribution in [2.24, 2.45) is 0 Å². The number of unbranched alkanes of at least 4 members (excludes halogenated alkanes) is 2. The summed E-state index contributed by atoms with van der Waals surface area (Å²) in [5.74, 6) is 2.95. The summed E-state index contributed by atoms with van der Waals surface area (Å²) in [7, 11) is 1.64. The van der Waals surface area contributed by atoms with Gasteiger partial charge in [0, 0.05) is 19.5 Å². The predicted molar refractivity (Wildman–Crippen MR) is 153 cm³/mol. The number of methoxy groups -OCH3 is 1. The highest BCUT2D eigenvalue weighted by Gasteiger charge is 2.11. The lowest BCUT2D eigenvalue weighted by atomic mass is 10.1. The molecule has 0 saturated carbocycles. The van der Waals surface area contributed by atoms with E-state index in [0.717, 1.165) is 67.1 Å². The predicted octanol–water partition coefficient (Wildman–Crippen LogP) is 6.20. The minimum atomic E-state index is 0.0556. The quantitative estimate of drug-likeness (QED) is 0.204. The summed E-state index contributed by atoms with van der Waals surface area (Å²) >= 11 is 0. The Hall–Kier alpha value is -3.80. The lowest BCUT2D eigenvalue weighted by molar-refractivity contribution is -0.120. The highest BCUT2D eigenvalue weighted by atomic mass is 16.5. The Morgan fingerprint density at radius 2 is 1.76 bits per heavy atom. The number of carbonyl (C=O) groups excluding carboxylic acids is 1. The van der Waals surface area contributed by atoms with Crippen molar-refractivity contribution in [1.29, 1.82) is 0 Å². The molecule has 0 radical (unpaired) electrons. The van der Waals surface area contributed by atoms with Crippen LogP contribution in [-0.2, 0) is 24.2 Å². The van der Waals surface area contributed by atoms with Crippen LogP contribution in [0.5, 0.6) is 11.5 Å². The number of ether oxygens (including phenoxy) is 2. The molecule has 1 amide bonds. The van der Waals surface area contributed by atoms with Gasteiger partial charge in [-0.25, -0.2) is 4.98 Å². The van der Waals surface area contributed by atoms with Crippen LogP contribution >= 0.6 is 0 Å². The molecule has 200 valence electrons. The maximum Gasteiger partial charge on any atom is 0.224 e. The average molecular weight is 514 g/mol. The minimum Gasteiger partial charge on any atom is -0.497 e. The summed E-state index contributed by atoms with van der Waals surface area (Å²) in [5, 5.41) is 3.04.